The fourth-order valence-corrected chi connectivity index (χ4v) is 5.40. The standard InChI is InChI=1S/C27H29ClN2O2S/c1-18-8-10-19(11-9-18)25-22-13-15-33-23(22)12-14-29(25)24(31)17-30(27(2,3)4)26(32)20-6-5-7-21(28)16-20/h5-11,13,15-16,25H,12,14,17H2,1-4H3. The van der Waals surface area contributed by atoms with Crippen molar-refractivity contribution < 1.29 is 9.59 Å². The summed E-state index contributed by atoms with van der Waals surface area (Å²) in [4.78, 5) is 32.1. The van der Waals surface area contributed by atoms with Crippen LogP contribution in [0.15, 0.2) is 60.0 Å². The molecule has 172 valence electrons. The number of fused-ring (bicyclic) bond motifs is 1. The van der Waals surface area contributed by atoms with E-state index in [2.05, 4.69) is 42.6 Å². The van der Waals surface area contributed by atoms with Crippen molar-refractivity contribution in [3.05, 3.63) is 92.1 Å². The summed E-state index contributed by atoms with van der Waals surface area (Å²) in [7, 11) is 0. The molecule has 1 aliphatic rings. The van der Waals surface area contributed by atoms with Crippen LogP contribution in [0.4, 0.5) is 0 Å². The normalized spacial score (nSPS) is 15.8. The van der Waals surface area contributed by atoms with Gasteiger partial charge in [0.2, 0.25) is 5.91 Å². The van der Waals surface area contributed by atoms with Gasteiger partial charge in [-0.25, -0.2) is 0 Å². The van der Waals surface area contributed by atoms with Crippen LogP contribution in [0.25, 0.3) is 0 Å². The quantitative estimate of drug-likeness (QED) is 0.451. The van der Waals surface area contributed by atoms with E-state index in [-0.39, 0.29) is 24.4 Å². The lowest BCUT2D eigenvalue weighted by molar-refractivity contribution is -0.135. The minimum atomic E-state index is -0.530. The number of hydrogen-bond acceptors (Lipinski definition) is 3. The van der Waals surface area contributed by atoms with Crippen LogP contribution in [-0.2, 0) is 11.2 Å². The lowest BCUT2D eigenvalue weighted by Gasteiger charge is -2.40. The van der Waals surface area contributed by atoms with Crippen molar-refractivity contribution in [1.29, 1.82) is 0 Å². The van der Waals surface area contributed by atoms with Gasteiger partial charge in [0.15, 0.2) is 0 Å². The Bertz CT molecular complexity index is 1160. The Hall–Kier alpha value is -2.63. The van der Waals surface area contributed by atoms with Crippen LogP contribution in [0.5, 0.6) is 0 Å². The van der Waals surface area contributed by atoms with Crippen LogP contribution < -0.4 is 0 Å². The van der Waals surface area contributed by atoms with Crippen LogP contribution in [0, 0.1) is 6.92 Å². The maximum absolute atomic E-state index is 13.7. The van der Waals surface area contributed by atoms with Crippen molar-refractivity contribution >= 4 is 34.8 Å². The van der Waals surface area contributed by atoms with E-state index < -0.39 is 5.54 Å². The molecule has 33 heavy (non-hydrogen) atoms. The number of amides is 2. The number of rotatable bonds is 4. The number of thiophene rings is 1. The van der Waals surface area contributed by atoms with Gasteiger partial charge in [-0.15, -0.1) is 11.3 Å². The van der Waals surface area contributed by atoms with Gasteiger partial charge in [-0.05, 0) is 74.9 Å². The number of benzene rings is 2. The summed E-state index contributed by atoms with van der Waals surface area (Å²) in [6.45, 7) is 8.56. The number of nitrogens with zero attached hydrogens (tertiary/aromatic N) is 2. The molecule has 4 nitrogen and oxygen atoms in total. The predicted octanol–water partition coefficient (Wildman–Crippen LogP) is 6.12. The third-order valence-corrected chi connectivity index (χ3v) is 7.33. The van der Waals surface area contributed by atoms with Gasteiger partial charge in [-0.3, -0.25) is 9.59 Å². The number of carbonyl (C=O) groups excluding carboxylic acids is 2. The molecule has 0 saturated heterocycles. The first kappa shape index (κ1) is 23.5. The lowest BCUT2D eigenvalue weighted by Crippen LogP contribution is -2.52. The van der Waals surface area contributed by atoms with Gasteiger partial charge in [0, 0.05) is 27.5 Å². The molecular formula is C27H29ClN2O2S. The van der Waals surface area contributed by atoms with Crippen molar-refractivity contribution in [3.8, 4) is 0 Å². The van der Waals surface area contributed by atoms with Crippen molar-refractivity contribution in [1.82, 2.24) is 9.80 Å². The second-order valence-corrected chi connectivity index (χ2v) is 11.0. The zero-order valence-electron chi connectivity index (χ0n) is 19.5. The van der Waals surface area contributed by atoms with Crippen LogP contribution >= 0.6 is 22.9 Å². The minimum Gasteiger partial charge on any atom is -0.330 e. The van der Waals surface area contributed by atoms with Gasteiger partial charge in [0.25, 0.3) is 5.91 Å². The van der Waals surface area contributed by atoms with Gasteiger partial charge in [-0.2, -0.15) is 0 Å². The highest BCUT2D eigenvalue weighted by Gasteiger charge is 2.36. The summed E-state index contributed by atoms with van der Waals surface area (Å²) < 4.78 is 0. The molecule has 4 rings (SSSR count). The third-order valence-electron chi connectivity index (χ3n) is 6.10. The molecule has 1 unspecified atom stereocenters. The second-order valence-electron chi connectivity index (χ2n) is 9.52. The smallest absolute Gasteiger partial charge is 0.254 e. The highest BCUT2D eigenvalue weighted by molar-refractivity contribution is 7.10. The molecule has 6 heteroatoms. The summed E-state index contributed by atoms with van der Waals surface area (Å²) >= 11 is 7.87. The molecule has 2 aromatic carbocycles. The summed E-state index contributed by atoms with van der Waals surface area (Å²) in [5, 5.41) is 2.60. The number of aryl methyl sites for hydroxylation is 1. The van der Waals surface area contributed by atoms with E-state index >= 15 is 0 Å². The van der Waals surface area contributed by atoms with E-state index in [0.29, 0.717) is 17.1 Å². The maximum atomic E-state index is 13.7. The molecule has 2 heterocycles. The van der Waals surface area contributed by atoms with Crippen LogP contribution in [0.3, 0.4) is 0 Å². The topological polar surface area (TPSA) is 40.6 Å². The monoisotopic (exact) mass is 480 g/mol. The second kappa shape index (κ2) is 9.32. The molecule has 0 spiro atoms. The van der Waals surface area contributed by atoms with Crippen molar-refractivity contribution in [3.63, 3.8) is 0 Å². The van der Waals surface area contributed by atoms with Gasteiger partial charge in [-0.1, -0.05) is 47.5 Å². The van der Waals surface area contributed by atoms with E-state index in [4.69, 9.17) is 11.6 Å². The number of hydrogen-bond donors (Lipinski definition) is 0. The van der Waals surface area contributed by atoms with Gasteiger partial charge >= 0.3 is 0 Å². The average Bonchev–Trinajstić information content (AvgIpc) is 3.25. The van der Waals surface area contributed by atoms with Gasteiger partial charge < -0.3 is 9.80 Å². The van der Waals surface area contributed by atoms with Crippen molar-refractivity contribution in [2.45, 2.75) is 45.7 Å². The van der Waals surface area contributed by atoms with Gasteiger partial charge in [0.05, 0.1) is 6.04 Å². The molecule has 0 N–H and O–H groups in total. The Kier molecular flexibility index (Phi) is 6.64. The molecule has 1 atom stereocenters. The van der Waals surface area contributed by atoms with Crippen LogP contribution in [-0.4, -0.2) is 40.2 Å². The summed E-state index contributed by atoms with van der Waals surface area (Å²) in [5.74, 6) is -0.249. The van der Waals surface area contributed by atoms with Gasteiger partial charge in [0.1, 0.15) is 6.54 Å². The molecule has 0 saturated carbocycles. The molecule has 3 aromatic rings. The molecule has 0 bridgehead atoms. The van der Waals surface area contributed by atoms with Crippen LogP contribution in [0.2, 0.25) is 5.02 Å². The summed E-state index contributed by atoms with van der Waals surface area (Å²) in [6, 6.07) is 17.3. The highest BCUT2D eigenvalue weighted by Crippen LogP contribution is 2.38. The highest BCUT2D eigenvalue weighted by atomic mass is 35.5. The first-order valence-electron chi connectivity index (χ1n) is 11.1. The molecule has 0 aliphatic carbocycles. The molecule has 1 aliphatic heterocycles. The zero-order chi connectivity index (χ0) is 23.8. The molecule has 0 radical (unpaired) electrons. The third kappa shape index (κ3) is 4.99. The molecule has 2 amide bonds. The Labute approximate surface area is 204 Å². The number of halogens is 1. The van der Waals surface area contributed by atoms with Crippen LogP contribution in [0.1, 0.15) is 58.7 Å². The molecule has 0 fully saturated rings. The zero-order valence-corrected chi connectivity index (χ0v) is 21.0. The predicted molar refractivity (Wildman–Crippen MR) is 135 cm³/mol. The Balaban J connectivity index is 1.65. The van der Waals surface area contributed by atoms with E-state index in [1.807, 2.05) is 25.7 Å². The van der Waals surface area contributed by atoms with Crippen molar-refractivity contribution in [2.75, 3.05) is 13.1 Å². The van der Waals surface area contributed by atoms with E-state index in [0.717, 1.165) is 12.0 Å². The Morgan fingerprint density at radius 1 is 1.12 bits per heavy atom. The van der Waals surface area contributed by atoms with E-state index in [1.54, 1.807) is 40.5 Å². The Morgan fingerprint density at radius 3 is 2.52 bits per heavy atom. The first-order valence-corrected chi connectivity index (χ1v) is 12.4. The number of carbonyl (C=O) groups is 2. The molecule has 1 aromatic heterocycles. The minimum absolute atomic E-state index is 0.0106. The SMILES string of the molecule is Cc1ccc(C2c3ccsc3CCN2C(=O)CN(C(=O)c2cccc(Cl)c2)C(C)(C)C)cc1. The lowest BCUT2D eigenvalue weighted by atomic mass is 9.92. The fourth-order valence-electron chi connectivity index (χ4n) is 4.31. The largest absolute Gasteiger partial charge is 0.330 e. The van der Waals surface area contributed by atoms with E-state index in [1.165, 1.54) is 16.0 Å². The first-order chi connectivity index (χ1) is 15.6. The fraction of sp³-hybridized carbons (Fsp3) is 0.333. The summed E-state index contributed by atoms with van der Waals surface area (Å²) in [6.07, 6.45) is 0.832. The molecular weight excluding hydrogens is 452 g/mol. The average molecular weight is 481 g/mol. The Morgan fingerprint density at radius 2 is 1.85 bits per heavy atom. The summed E-state index contributed by atoms with van der Waals surface area (Å²) in [5.41, 5.74) is 3.42. The van der Waals surface area contributed by atoms with Crippen molar-refractivity contribution in [2.24, 2.45) is 0 Å². The maximum Gasteiger partial charge on any atom is 0.254 e. The van der Waals surface area contributed by atoms with E-state index in [9.17, 15) is 9.59 Å².